The molecule has 0 saturated heterocycles. The fourth-order valence-electron chi connectivity index (χ4n) is 1.71. The van der Waals surface area contributed by atoms with E-state index in [4.69, 9.17) is 4.74 Å². The van der Waals surface area contributed by atoms with Crippen LogP contribution in [-0.2, 0) is 4.79 Å². The van der Waals surface area contributed by atoms with E-state index in [2.05, 4.69) is 28.7 Å². The van der Waals surface area contributed by atoms with Crippen LogP contribution in [0.3, 0.4) is 0 Å². The highest BCUT2D eigenvalue weighted by atomic mass is 127. The Labute approximate surface area is 120 Å². The lowest BCUT2D eigenvalue weighted by atomic mass is 10.0. The lowest BCUT2D eigenvalue weighted by Gasteiger charge is -2.10. The molecule has 18 heavy (non-hydrogen) atoms. The summed E-state index contributed by atoms with van der Waals surface area (Å²) in [5.74, 6) is 0.340. The molecule has 2 nitrogen and oxygen atoms in total. The molecule has 0 amide bonds. The van der Waals surface area contributed by atoms with E-state index in [1.54, 1.807) is 0 Å². The monoisotopic (exact) mass is 352 g/mol. The van der Waals surface area contributed by atoms with E-state index in [1.807, 2.05) is 43.3 Å². The van der Waals surface area contributed by atoms with Crippen LogP contribution in [0.4, 0.5) is 0 Å². The van der Waals surface area contributed by atoms with E-state index in [0.29, 0.717) is 5.75 Å². The van der Waals surface area contributed by atoms with Crippen LogP contribution in [0.5, 0.6) is 5.75 Å². The third-order valence-electron chi connectivity index (χ3n) is 2.66. The maximum Gasteiger partial charge on any atom is 0.308 e. The Hall–Kier alpha value is -1.36. The Balaban J connectivity index is 2.51. The van der Waals surface area contributed by atoms with E-state index in [-0.39, 0.29) is 5.97 Å². The van der Waals surface area contributed by atoms with Gasteiger partial charge < -0.3 is 4.74 Å². The second-order valence-corrected chi connectivity index (χ2v) is 5.20. The van der Waals surface area contributed by atoms with E-state index >= 15 is 0 Å². The van der Waals surface area contributed by atoms with Gasteiger partial charge in [0.05, 0.1) is 0 Å². The zero-order valence-corrected chi connectivity index (χ0v) is 12.4. The average molecular weight is 352 g/mol. The minimum absolute atomic E-state index is 0.292. The molecule has 0 fully saturated rings. The Kier molecular flexibility index (Phi) is 4.01. The van der Waals surface area contributed by atoms with Crippen molar-refractivity contribution in [3.63, 3.8) is 0 Å². The number of esters is 1. The topological polar surface area (TPSA) is 26.3 Å². The Morgan fingerprint density at radius 3 is 2.39 bits per heavy atom. The van der Waals surface area contributed by atoms with Crippen molar-refractivity contribution >= 4 is 28.6 Å². The van der Waals surface area contributed by atoms with Crippen LogP contribution in [0.15, 0.2) is 42.5 Å². The molecule has 0 aromatic heterocycles. The van der Waals surface area contributed by atoms with E-state index in [9.17, 15) is 4.79 Å². The van der Waals surface area contributed by atoms with Gasteiger partial charge in [-0.3, -0.25) is 4.79 Å². The molecule has 92 valence electrons. The van der Waals surface area contributed by atoms with Crippen molar-refractivity contribution in [2.75, 3.05) is 0 Å². The minimum atomic E-state index is -0.292. The van der Waals surface area contributed by atoms with Crippen LogP contribution in [0.2, 0.25) is 0 Å². The highest BCUT2D eigenvalue weighted by Gasteiger charge is 2.09. The summed E-state index contributed by atoms with van der Waals surface area (Å²) in [5, 5.41) is 0. The molecule has 0 bridgehead atoms. The SMILES string of the molecule is CC(=O)Oc1cc(-c2ccccc2)cc(I)c1C. The summed E-state index contributed by atoms with van der Waals surface area (Å²) in [7, 11) is 0. The Bertz CT molecular complexity index is 577. The molecule has 0 spiro atoms. The fourth-order valence-corrected chi connectivity index (χ4v) is 2.31. The predicted molar refractivity (Wildman–Crippen MR) is 80.6 cm³/mol. The van der Waals surface area contributed by atoms with E-state index in [0.717, 1.165) is 20.3 Å². The summed E-state index contributed by atoms with van der Waals surface area (Å²) in [5.41, 5.74) is 3.16. The first-order valence-electron chi connectivity index (χ1n) is 5.62. The van der Waals surface area contributed by atoms with Crippen LogP contribution in [0.25, 0.3) is 11.1 Å². The van der Waals surface area contributed by atoms with Gasteiger partial charge in [0.2, 0.25) is 0 Å². The first-order valence-corrected chi connectivity index (χ1v) is 6.70. The quantitative estimate of drug-likeness (QED) is 0.460. The number of rotatable bonds is 2. The number of carbonyl (C=O) groups is 1. The van der Waals surface area contributed by atoms with Crippen molar-refractivity contribution in [3.8, 4) is 16.9 Å². The van der Waals surface area contributed by atoms with Crippen LogP contribution < -0.4 is 4.74 Å². The van der Waals surface area contributed by atoms with Crippen LogP contribution in [0.1, 0.15) is 12.5 Å². The molecule has 0 radical (unpaired) electrons. The smallest absolute Gasteiger partial charge is 0.308 e. The Morgan fingerprint density at radius 2 is 1.78 bits per heavy atom. The molecule has 0 aliphatic heterocycles. The third kappa shape index (κ3) is 2.90. The highest BCUT2D eigenvalue weighted by molar-refractivity contribution is 14.1. The minimum Gasteiger partial charge on any atom is -0.426 e. The zero-order chi connectivity index (χ0) is 13.1. The molecule has 0 N–H and O–H groups in total. The van der Waals surface area contributed by atoms with Gasteiger partial charge in [-0.1, -0.05) is 30.3 Å². The number of hydrogen-bond donors (Lipinski definition) is 0. The number of carbonyl (C=O) groups excluding carboxylic acids is 1. The van der Waals surface area contributed by atoms with Gasteiger partial charge in [-0.15, -0.1) is 0 Å². The molecule has 0 saturated carbocycles. The van der Waals surface area contributed by atoms with Crippen molar-refractivity contribution in [2.24, 2.45) is 0 Å². The average Bonchev–Trinajstić information content (AvgIpc) is 2.35. The highest BCUT2D eigenvalue weighted by Crippen LogP contribution is 2.31. The van der Waals surface area contributed by atoms with E-state index in [1.165, 1.54) is 6.92 Å². The van der Waals surface area contributed by atoms with Gasteiger partial charge in [0, 0.05) is 16.1 Å². The van der Waals surface area contributed by atoms with Gasteiger partial charge in [-0.25, -0.2) is 0 Å². The molecule has 0 atom stereocenters. The first-order chi connectivity index (χ1) is 8.58. The zero-order valence-electron chi connectivity index (χ0n) is 10.2. The van der Waals surface area contributed by atoms with Crippen molar-refractivity contribution in [3.05, 3.63) is 51.6 Å². The van der Waals surface area contributed by atoms with Crippen molar-refractivity contribution < 1.29 is 9.53 Å². The molecule has 2 rings (SSSR count). The van der Waals surface area contributed by atoms with Gasteiger partial charge in [0.1, 0.15) is 5.75 Å². The normalized spacial score (nSPS) is 10.2. The predicted octanol–water partition coefficient (Wildman–Crippen LogP) is 4.19. The maximum absolute atomic E-state index is 11.1. The van der Waals surface area contributed by atoms with E-state index < -0.39 is 0 Å². The maximum atomic E-state index is 11.1. The summed E-state index contributed by atoms with van der Waals surface area (Å²) in [6, 6.07) is 14.1. The standard InChI is InChI=1S/C15H13IO2/c1-10-14(16)8-13(9-15(10)18-11(2)17)12-6-4-3-5-7-12/h3-9H,1-2H3. The molecule has 0 unspecified atom stereocenters. The Morgan fingerprint density at radius 1 is 1.11 bits per heavy atom. The molecular formula is C15H13IO2. The third-order valence-corrected chi connectivity index (χ3v) is 3.78. The van der Waals surface area contributed by atoms with Crippen LogP contribution in [-0.4, -0.2) is 5.97 Å². The second-order valence-electron chi connectivity index (χ2n) is 4.04. The molecule has 2 aromatic rings. The fraction of sp³-hybridized carbons (Fsp3) is 0.133. The molecule has 0 heterocycles. The lowest BCUT2D eigenvalue weighted by molar-refractivity contribution is -0.131. The summed E-state index contributed by atoms with van der Waals surface area (Å²) < 4.78 is 6.33. The van der Waals surface area contributed by atoms with Gasteiger partial charge >= 0.3 is 5.97 Å². The summed E-state index contributed by atoms with van der Waals surface area (Å²) in [4.78, 5) is 11.1. The van der Waals surface area contributed by atoms with Crippen molar-refractivity contribution in [2.45, 2.75) is 13.8 Å². The van der Waals surface area contributed by atoms with Crippen LogP contribution >= 0.6 is 22.6 Å². The first kappa shape index (κ1) is 13.1. The second kappa shape index (κ2) is 5.52. The number of hydrogen-bond acceptors (Lipinski definition) is 2. The molecule has 2 aromatic carbocycles. The van der Waals surface area contributed by atoms with Crippen LogP contribution in [0, 0.1) is 10.5 Å². The summed E-state index contributed by atoms with van der Waals surface area (Å²) in [6.45, 7) is 3.37. The lowest BCUT2D eigenvalue weighted by Crippen LogP contribution is -2.03. The van der Waals surface area contributed by atoms with Crippen molar-refractivity contribution in [1.82, 2.24) is 0 Å². The van der Waals surface area contributed by atoms with Crippen molar-refractivity contribution in [1.29, 1.82) is 0 Å². The largest absolute Gasteiger partial charge is 0.426 e. The summed E-state index contributed by atoms with van der Waals surface area (Å²) in [6.07, 6.45) is 0. The van der Waals surface area contributed by atoms with Gasteiger partial charge in [-0.05, 0) is 52.8 Å². The molecular weight excluding hydrogens is 339 g/mol. The van der Waals surface area contributed by atoms with Gasteiger partial charge in [0.15, 0.2) is 0 Å². The molecule has 3 heteroatoms. The summed E-state index contributed by atoms with van der Waals surface area (Å²) >= 11 is 2.26. The number of halogens is 1. The van der Waals surface area contributed by atoms with Gasteiger partial charge in [-0.2, -0.15) is 0 Å². The number of ether oxygens (including phenoxy) is 1. The number of benzene rings is 2. The molecule has 0 aliphatic rings. The van der Waals surface area contributed by atoms with Gasteiger partial charge in [0.25, 0.3) is 0 Å². The molecule has 0 aliphatic carbocycles.